The van der Waals surface area contributed by atoms with E-state index < -0.39 is 0 Å². The summed E-state index contributed by atoms with van der Waals surface area (Å²) in [4.78, 5) is 34.8. The number of hydrogen-bond donors (Lipinski definition) is 1. The zero-order chi connectivity index (χ0) is 32.5. The van der Waals surface area contributed by atoms with Crippen LogP contribution in [0.15, 0.2) is 96.2 Å². The van der Waals surface area contributed by atoms with E-state index in [0.29, 0.717) is 19.5 Å². The van der Waals surface area contributed by atoms with Gasteiger partial charge in [-0.2, -0.15) is 0 Å². The number of ketones is 1. The van der Waals surface area contributed by atoms with E-state index in [2.05, 4.69) is 123 Å². The first-order valence-corrected chi connectivity index (χ1v) is 16.7. The van der Waals surface area contributed by atoms with Crippen LogP contribution in [-0.4, -0.2) is 60.8 Å². The molecule has 3 aliphatic rings. The molecule has 1 fully saturated rings. The number of allylic oxidation sites excluding steroid dienone is 1. The largest absolute Gasteiger partial charge is 0.357 e. The van der Waals surface area contributed by atoms with Crippen molar-refractivity contribution in [2.45, 2.75) is 58.9 Å². The Kier molecular flexibility index (Phi) is 8.93. The lowest BCUT2D eigenvalue weighted by molar-refractivity contribution is -0.131. The van der Waals surface area contributed by atoms with Gasteiger partial charge in [0.1, 0.15) is 0 Å². The normalized spacial score (nSPS) is 20.3. The summed E-state index contributed by atoms with van der Waals surface area (Å²) in [6, 6.07) is 26.9. The van der Waals surface area contributed by atoms with Gasteiger partial charge in [0.05, 0.1) is 24.0 Å². The Hall–Kier alpha value is -4.16. The van der Waals surface area contributed by atoms with E-state index in [-0.39, 0.29) is 35.1 Å². The molecule has 6 nitrogen and oxygen atoms in total. The van der Waals surface area contributed by atoms with E-state index in [1.54, 1.807) is 0 Å². The first-order chi connectivity index (χ1) is 22.0. The Morgan fingerprint density at radius 1 is 0.891 bits per heavy atom. The predicted octanol–water partition coefficient (Wildman–Crippen LogP) is 7.46. The molecule has 46 heavy (non-hydrogen) atoms. The summed E-state index contributed by atoms with van der Waals surface area (Å²) in [5.41, 5.74) is 7.02. The molecule has 0 aromatic heterocycles. The highest BCUT2D eigenvalue weighted by atomic mass is 16.2. The second kappa shape index (κ2) is 12.9. The van der Waals surface area contributed by atoms with Crippen LogP contribution in [0.4, 0.5) is 11.4 Å². The fourth-order valence-electron chi connectivity index (χ4n) is 7.07. The molecule has 1 N–H and O–H groups in total. The number of Topliss-reactive ketones (excluding diaryl/α,β-unsaturated/α-hetero) is 1. The predicted molar refractivity (Wildman–Crippen MR) is 189 cm³/mol. The summed E-state index contributed by atoms with van der Waals surface area (Å²) in [5, 5.41) is 3.68. The van der Waals surface area contributed by atoms with Gasteiger partial charge >= 0.3 is 0 Å². The second-order valence-electron chi connectivity index (χ2n) is 14.9. The molecular weight excluding hydrogens is 568 g/mol. The summed E-state index contributed by atoms with van der Waals surface area (Å²) in [6.07, 6.45) is 5.63. The molecule has 6 rings (SSSR count). The molecule has 0 radical (unpaired) electrons. The SMILES string of the molecule is CC1(C)CC(=O)C2=C(C1)Nc1ccccc1N(CC(=O)N1CCN(C/C=C/c3ccccc3)CC1)C2c1ccc(C(C)(C)C)cc1. The minimum Gasteiger partial charge on any atom is -0.357 e. The van der Waals surface area contributed by atoms with Crippen LogP contribution in [0.5, 0.6) is 0 Å². The molecule has 2 heterocycles. The van der Waals surface area contributed by atoms with Crippen molar-refractivity contribution in [2.75, 3.05) is 49.5 Å². The van der Waals surface area contributed by atoms with Gasteiger partial charge in [-0.1, -0.05) is 114 Å². The van der Waals surface area contributed by atoms with Gasteiger partial charge in [-0.15, -0.1) is 0 Å². The lowest BCUT2D eigenvalue weighted by atomic mass is 9.73. The number of benzene rings is 3. The van der Waals surface area contributed by atoms with Crippen LogP contribution in [0.1, 0.15) is 70.2 Å². The van der Waals surface area contributed by atoms with Crippen molar-refractivity contribution in [3.63, 3.8) is 0 Å². The first kappa shape index (κ1) is 31.8. The summed E-state index contributed by atoms with van der Waals surface area (Å²) in [5.74, 6) is 0.254. The maximum Gasteiger partial charge on any atom is 0.242 e. The van der Waals surface area contributed by atoms with Crippen molar-refractivity contribution < 1.29 is 9.59 Å². The number of nitrogens with zero attached hydrogens (tertiary/aromatic N) is 3. The van der Waals surface area contributed by atoms with Gasteiger partial charge < -0.3 is 15.1 Å². The van der Waals surface area contributed by atoms with Gasteiger partial charge in [0.15, 0.2) is 5.78 Å². The minimum atomic E-state index is -0.364. The molecule has 240 valence electrons. The van der Waals surface area contributed by atoms with Crippen LogP contribution < -0.4 is 10.2 Å². The van der Waals surface area contributed by atoms with Gasteiger partial charge in [0.2, 0.25) is 5.91 Å². The molecule has 1 saturated heterocycles. The highest BCUT2D eigenvalue weighted by Gasteiger charge is 2.42. The molecule has 3 aromatic carbocycles. The van der Waals surface area contributed by atoms with Crippen molar-refractivity contribution in [1.29, 1.82) is 0 Å². The topological polar surface area (TPSA) is 55.9 Å². The third-order valence-electron chi connectivity index (χ3n) is 9.60. The third kappa shape index (κ3) is 6.97. The van der Waals surface area contributed by atoms with Crippen molar-refractivity contribution >= 4 is 29.1 Å². The molecule has 0 bridgehead atoms. The van der Waals surface area contributed by atoms with Crippen LogP contribution in [0.3, 0.4) is 0 Å². The Balaban J connectivity index is 1.28. The van der Waals surface area contributed by atoms with Crippen LogP contribution in [0.25, 0.3) is 6.08 Å². The average molecular weight is 617 g/mol. The third-order valence-corrected chi connectivity index (χ3v) is 9.60. The first-order valence-electron chi connectivity index (χ1n) is 16.7. The number of rotatable bonds is 6. The van der Waals surface area contributed by atoms with Crippen LogP contribution >= 0.6 is 0 Å². The number of carbonyl (C=O) groups excluding carboxylic acids is 2. The Morgan fingerprint density at radius 3 is 2.26 bits per heavy atom. The molecule has 3 aromatic rings. The number of carbonyl (C=O) groups is 2. The number of para-hydroxylation sites is 2. The van der Waals surface area contributed by atoms with Crippen molar-refractivity contribution in [3.8, 4) is 0 Å². The van der Waals surface area contributed by atoms with Gasteiger partial charge in [0.25, 0.3) is 0 Å². The zero-order valence-corrected chi connectivity index (χ0v) is 28.1. The molecule has 0 spiro atoms. The number of anilines is 2. The van der Waals surface area contributed by atoms with Crippen LogP contribution in [0.2, 0.25) is 0 Å². The van der Waals surface area contributed by atoms with Crippen LogP contribution in [-0.2, 0) is 15.0 Å². The Morgan fingerprint density at radius 2 is 1.57 bits per heavy atom. The van der Waals surface area contributed by atoms with E-state index in [9.17, 15) is 9.59 Å². The number of nitrogens with one attached hydrogen (secondary N) is 1. The Labute approximate surface area is 274 Å². The highest BCUT2D eigenvalue weighted by Crippen LogP contribution is 2.48. The monoisotopic (exact) mass is 616 g/mol. The van der Waals surface area contributed by atoms with Crippen molar-refractivity contribution in [2.24, 2.45) is 5.41 Å². The summed E-state index contributed by atoms with van der Waals surface area (Å²) >= 11 is 0. The average Bonchev–Trinajstić information content (AvgIpc) is 3.15. The summed E-state index contributed by atoms with van der Waals surface area (Å²) in [7, 11) is 0. The van der Waals surface area contributed by atoms with Crippen molar-refractivity contribution in [1.82, 2.24) is 9.80 Å². The summed E-state index contributed by atoms with van der Waals surface area (Å²) in [6.45, 7) is 15.1. The van der Waals surface area contributed by atoms with Gasteiger partial charge in [-0.05, 0) is 46.1 Å². The number of amides is 1. The molecule has 1 amide bonds. The molecule has 1 unspecified atom stereocenters. The highest BCUT2D eigenvalue weighted by molar-refractivity contribution is 6.02. The van der Waals surface area contributed by atoms with E-state index in [4.69, 9.17) is 0 Å². The smallest absolute Gasteiger partial charge is 0.242 e. The fraction of sp³-hybridized carbons (Fsp3) is 0.400. The molecular formula is C40H48N4O2. The summed E-state index contributed by atoms with van der Waals surface area (Å²) < 4.78 is 0. The molecule has 2 aliphatic heterocycles. The quantitative estimate of drug-likeness (QED) is 0.312. The van der Waals surface area contributed by atoms with Crippen molar-refractivity contribution in [3.05, 3.63) is 113 Å². The number of piperazine rings is 1. The van der Waals surface area contributed by atoms with E-state index in [1.807, 2.05) is 23.1 Å². The Bertz CT molecular complexity index is 1620. The molecule has 1 atom stereocenters. The molecule has 1 aliphatic carbocycles. The minimum absolute atomic E-state index is 0.0143. The van der Waals surface area contributed by atoms with E-state index >= 15 is 0 Å². The van der Waals surface area contributed by atoms with Gasteiger partial charge in [-0.25, -0.2) is 0 Å². The fourth-order valence-corrected chi connectivity index (χ4v) is 7.07. The lowest BCUT2D eigenvalue weighted by Crippen LogP contribution is -2.51. The molecule has 6 heteroatoms. The van der Waals surface area contributed by atoms with Gasteiger partial charge in [-0.3, -0.25) is 14.5 Å². The van der Waals surface area contributed by atoms with Crippen LogP contribution in [0, 0.1) is 5.41 Å². The second-order valence-corrected chi connectivity index (χ2v) is 14.9. The number of hydrogen-bond acceptors (Lipinski definition) is 5. The van der Waals surface area contributed by atoms with E-state index in [1.165, 1.54) is 11.1 Å². The zero-order valence-electron chi connectivity index (χ0n) is 28.1. The molecule has 0 saturated carbocycles. The maximum absolute atomic E-state index is 14.1. The lowest BCUT2D eigenvalue weighted by Gasteiger charge is -2.40. The number of fused-ring (bicyclic) bond motifs is 1. The van der Waals surface area contributed by atoms with Gasteiger partial charge in [0, 0.05) is 50.4 Å². The standard InChI is InChI=1S/C40H48N4O2/c1-39(2,3)31-19-17-30(18-20-31)38-37-33(26-40(4,5)27-35(37)45)41-32-15-9-10-16-34(32)44(38)28-36(46)43-24-22-42(23-25-43)21-11-14-29-12-7-6-8-13-29/h6-20,38,41H,21-28H2,1-5H3/b14-11+. The maximum atomic E-state index is 14.1. The van der Waals surface area contributed by atoms with E-state index in [0.717, 1.165) is 54.3 Å².